The minimum absolute atomic E-state index is 0.0508. The molecule has 1 aliphatic carbocycles. The van der Waals surface area contributed by atoms with E-state index >= 15 is 0 Å². The molecule has 1 fully saturated rings. The lowest BCUT2D eigenvalue weighted by Gasteiger charge is -2.08. The fourth-order valence-electron chi connectivity index (χ4n) is 1.74. The van der Waals surface area contributed by atoms with Crippen LogP contribution in [-0.4, -0.2) is 23.2 Å². The maximum absolute atomic E-state index is 10.8. The van der Waals surface area contributed by atoms with Crippen LogP contribution in [0.5, 0.6) is 5.75 Å². The van der Waals surface area contributed by atoms with E-state index in [1.165, 1.54) is 0 Å². The first kappa shape index (κ1) is 10.4. The maximum Gasteiger partial charge on any atom is 0.307 e. The third kappa shape index (κ3) is 1.84. The summed E-state index contributed by atoms with van der Waals surface area (Å²) < 4.78 is 5.99. The number of methoxy groups -OCH3 is 1. The van der Waals surface area contributed by atoms with E-state index in [2.05, 4.69) is 20.9 Å². The largest absolute Gasteiger partial charge is 0.495 e. The van der Waals surface area contributed by atoms with Gasteiger partial charge < -0.3 is 9.84 Å². The lowest BCUT2D eigenvalue weighted by Crippen LogP contribution is -2.01. The molecule has 1 aromatic rings. The Kier molecular flexibility index (Phi) is 2.65. The zero-order chi connectivity index (χ0) is 11.0. The van der Waals surface area contributed by atoms with Crippen LogP contribution in [-0.2, 0) is 4.79 Å². The van der Waals surface area contributed by atoms with Crippen molar-refractivity contribution in [1.82, 2.24) is 4.98 Å². The van der Waals surface area contributed by atoms with Crippen molar-refractivity contribution in [1.29, 1.82) is 0 Å². The van der Waals surface area contributed by atoms with Crippen molar-refractivity contribution in [2.75, 3.05) is 7.11 Å². The number of rotatable bonds is 3. The highest BCUT2D eigenvalue weighted by molar-refractivity contribution is 9.10. The highest BCUT2D eigenvalue weighted by Gasteiger charge is 2.46. The molecule has 0 radical (unpaired) electrons. The van der Waals surface area contributed by atoms with Gasteiger partial charge in [-0.15, -0.1) is 0 Å². The SMILES string of the molecule is COc1cncc(Br)c1C1CC1C(=O)O. The molecule has 0 saturated heterocycles. The molecule has 5 heteroatoms. The number of carboxylic acids is 1. The molecular weight excluding hydrogens is 262 g/mol. The molecule has 0 spiro atoms. The van der Waals surface area contributed by atoms with Crippen LogP contribution in [0.4, 0.5) is 0 Å². The fraction of sp³-hybridized carbons (Fsp3) is 0.400. The van der Waals surface area contributed by atoms with Gasteiger partial charge in [-0.05, 0) is 22.4 Å². The summed E-state index contributed by atoms with van der Waals surface area (Å²) in [6.45, 7) is 0. The van der Waals surface area contributed by atoms with Gasteiger partial charge in [-0.3, -0.25) is 9.78 Å². The quantitative estimate of drug-likeness (QED) is 0.914. The summed E-state index contributed by atoms with van der Waals surface area (Å²) in [7, 11) is 1.56. The smallest absolute Gasteiger partial charge is 0.307 e. The van der Waals surface area contributed by atoms with Gasteiger partial charge in [0.2, 0.25) is 0 Å². The Morgan fingerprint density at radius 2 is 2.40 bits per heavy atom. The first-order valence-corrected chi connectivity index (χ1v) is 5.34. The van der Waals surface area contributed by atoms with Crippen molar-refractivity contribution in [2.24, 2.45) is 5.92 Å². The highest BCUT2D eigenvalue weighted by Crippen LogP contribution is 2.52. The van der Waals surface area contributed by atoms with Gasteiger partial charge in [-0.2, -0.15) is 0 Å². The second kappa shape index (κ2) is 3.81. The molecule has 2 rings (SSSR count). The van der Waals surface area contributed by atoms with Crippen molar-refractivity contribution >= 4 is 21.9 Å². The lowest BCUT2D eigenvalue weighted by molar-refractivity contribution is -0.138. The number of nitrogens with zero attached hydrogens (tertiary/aromatic N) is 1. The van der Waals surface area contributed by atoms with Crippen LogP contribution in [0.15, 0.2) is 16.9 Å². The third-order valence-corrected chi connectivity index (χ3v) is 3.23. The minimum Gasteiger partial charge on any atom is -0.495 e. The molecule has 0 aliphatic heterocycles. The number of ether oxygens (including phenoxy) is 1. The monoisotopic (exact) mass is 271 g/mol. The predicted octanol–water partition coefficient (Wildman–Crippen LogP) is 2.04. The van der Waals surface area contributed by atoms with Gasteiger partial charge in [-0.1, -0.05) is 0 Å². The van der Waals surface area contributed by atoms with E-state index < -0.39 is 5.97 Å². The molecule has 80 valence electrons. The van der Waals surface area contributed by atoms with Crippen LogP contribution < -0.4 is 4.74 Å². The van der Waals surface area contributed by atoms with Gasteiger partial charge in [0.15, 0.2) is 0 Å². The van der Waals surface area contributed by atoms with E-state index in [1.807, 2.05) is 0 Å². The average Bonchev–Trinajstić information content (AvgIpc) is 2.96. The van der Waals surface area contributed by atoms with Crippen molar-refractivity contribution in [3.8, 4) is 5.75 Å². The van der Waals surface area contributed by atoms with Gasteiger partial charge in [0.05, 0.1) is 19.2 Å². The Morgan fingerprint density at radius 1 is 1.67 bits per heavy atom. The molecule has 1 heterocycles. The number of carboxylic acid groups (broad SMARTS) is 1. The van der Waals surface area contributed by atoms with Crippen LogP contribution in [0.3, 0.4) is 0 Å². The first-order chi connectivity index (χ1) is 7.15. The maximum atomic E-state index is 10.8. The van der Waals surface area contributed by atoms with Crippen LogP contribution in [0.25, 0.3) is 0 Å². The Hall–Kier alpha value is -1.10. The number of halogens is 1. The molecule has 2 unspecified atom stereocenters. The van der Waals surface area contributed by atoms with Gasteiger partial charge in [-0.25, -0.2) is 0 Å². The molecule has 0 amide bonds. The van der Waals surface area contributed by atoms with E-state index in [0.29, 0.717) is 12.2 Å². The van der Waals surface area contributed by atoms with Crippen LogP contribution in [0, 0.1) is 5.92 Å². The molecule has 1 N–H and O–H groups in total. The number of aliphatic carboxylic acids is 1. The molecule has 4 nitrogen and oxygen atoms in total. The number of pyridine rings is 1. The van der Waals surface area contributed by atoms with E-state index in [1.54, 1.807) is 19.5 Å². The minimum atomic E-state index is -0.745. The second-order valence-corrected chi connectivity index (χ2v) is 4.38. The van der Waals surface area contributed by atoms with E-state index in [-0.39, 0.29) is 11.8 Å². The number of carbonyl (C=O) groups is 1. The van der Waals surface area contributed by atoms with Crippen molar-refractivity contribution in [2.45, 2.75) is 12.3 Å². The first-order valence-electron chi connectivity index (χ1n) is 4.55. The summed E-state index contributed by atoms with van der Waals surface area (Å²) in [6.07, 6.45) is 3.95. The van der Waals surface area contributed by atoms with Crippen molar-refractivity contribution in [3.05, 3.63) is 22.4 Å². The zero-order valence-electron chi connectivity index (χ0n) is 8.11. The van der Waals surface area contributed by atoms with E-state index in [9.17, 15) is 4.79 Å². The van der Waals surface area contributed by atoms with E-state index in [0.717, 1.165) is 10.0 Å². The Labute approximate surface area is 95.4 Å². The van der Waals surface area contributed by atoms with Crippen molar-refractivity contribution in [3.63, 3.8) is 0 Å². The van der Waals surface area contributed by atoms with Gasteiger partial charge >= 0.3 is 5.97 Å². The number of hydrogen-bond acceptors (Lipinski definition) is 3. The second-order valence-electron chi connectivity index (χ2n) is 3.52. The molecule has 0 bridgehead atoms. The van der Waals surface area contributed by atoms with Crippen LogP contribution in [0.1, 0.15) is 17.9 Å². The summed E-state index contributed by atoms with van der Waals surface area (Å²) >= 11 is 3.37. The Morgan fingerprint density at radius 3 is 2.93 bits per heavy atom. The molecule has 1 aliphatic rings. The van der Waals surface area contributed by atoms with Crippen LogP contribution >= 0.6 is 15.9 Å². The summed E-state index contributed by atoms with van der Waals surface area (Å²) in [5, 5.41) is 8.87. The van der Waals surface area contributed by atoms with E-state index in [4.69, 9.17) is 9.84 Å². The predicted molar refractivity (Wildman–Crippen MR) is 57.0 cm³/mol. The molecule has 1 saturated carbocycles. The average molecular weight is 272 g/mol. The molecular formula is C10H10BrNO3. The Bertz CT molecular complexity index is 408. The zero-order valence-corrected chi connectivity index (χ0v) is 9.69. The van der Waals surface area contributed by atoms with Gasteiger partial charge in [0.25, 0.3) is 0 Å². The van der Waals surface area contributed by atoms with Crippen LogP contribution in [0.2, 0.25) is 0 Å². The normalized spacial score (nSPS) is 23.6. The topological polar surface area (TPSA) is 59.4 Å². The Balaban J connectivity index is 2.33. The lowest BCUT2D eigenvalue weighted by atomic mass is 10.1. The summed E-state index contributed by atoms with van der Waals surface area (Å²) in [5.41, 5.74) is 0.917. The highest BCUT2D eigenvalue weighted by atomic mass is 79.9. The number of hydrogen-bond donors (Lipinski definition) is 1. The summed E-state index contributed by atoms with van der Waals surface area (Å²) in [4.78, 5) is 14.8. The molecule has 1 aromatic heterocycles. The number of aromatic nitrogens is 1. The molecule has 2 atom stereocenters. The van der Waals surface area contributed by atoms with Gasteiger partial charge in [0.1, 0.15) is 5.75 Å². The summed E-state index contributed by atoms with van der Waals surface area (Å²) in [5.74, 6) is -0.323. The molecule has 0 aromatic carbocycles. The molecule has 15 heavy (non-hydrogen) atoms. The third-order valence-electron chi connectivity index (χ3n) is 2.60. The van der Waals surface area contributed by atoms with Crippen molar-refractivity contribution < 1.29 is 14.6 Å². The fourth-order valence-corrected chi connectivity index (χ4v) is 2.34. The summed E-state index contributed by atoms with van der Waals surface area (Å²) in [6, 6.07) is 0. The van der Waals surface area contributed by atoms with Gasteiger partial charge in [0, 0.05) is 22.2 Å². The standard InChI is InChI=1S/C10H10BrNO3/c1-15-8-4-12-3-7(11)9(8)5-2-6(5)10(13)14/h3-6H,2H2,1H3,(H,13,14).